The lowest BCUT2D eigenvalue weighted by Gasteiger charge is -2.26. The van der Waals surface area contributed by atoms with Gasteiger partial charge in [-0.15, -0.1) is 0 Å². The molecule has 1 aromatic carbocycles. The van der Waals surface area contributed by atoms with Crippen LogP contribution >= 0.6 is 11.6 Å². The van der Waals surface area contributed by atoms with E-state index in [1.165, 1.54) is 4.90 Å². The maximum atomic E-state index is 12.9. The van der Waals surface area contributed by atoms with Crippen molar-refractivity contribution in [1.82, 2.24) is 0 Å². The highest BCUT2D eigenvalue weighted by atomic mass is 35.5. The van der Waals surface area contributed by atoms with Gasteiger partial charge in [0, 0.05) is 16.7 Å². The molecule has 0 bridgehead atoms. The quantitative estimate of drug-likeness (QED) is 0.626. The number of halogens is 1. The van der Waals surface area contributed by atoms with Crippen LogP contribution in [0.2, 0.25) is 5.02 Å². The molecular weight excluding hydrogens is 308 g/mol. The van der Waals surface area contributed by atoms with Gasteiger partial charge in [-0.1, -0.05) is 11.6 Å². The van der Waals surface area contributed by atoms with Crippen LogP contribution in [0.1, 0.15) is 18.9 Å². The summed E-state index contributed by atoms with van der Waals surface area (Å²) in [6, 6.07) is 5.08. The lowest BCUT2D eigenvalue weighted by Crippen LogP contribution is -2.48. The van der Waals surface area contributed by atoms with E-state index in [-0.39, 0.29) is 13.0 Å². The topological polar surface area (TPSA) is 79.6 Å². The molecule has 2 aliphatic rings. The number of nitriles is 1. The van der Waals surface area contributed by atoms with Crippen molar-refractivity contribution in [3.05, 3.63) is 22.7 Å². The van der Waals surface area contributed by atoms with E-state index in [0.29, 0.717) is 35.2 Å². The summed E-state index contributed by atoms with van der Waals surface area (Å²) in [6.45, 7) is 2.41. The van der Waals surface area contributed by atoms with Crippen molar-refractivity contribution in [2.24, 2.45) is 0 Å². The van der Waals surface area contributed by atoms with Crippen molar-refractivity contribution in [3.63, 3.8) is 0 Å². The third-order valence-corrected chi connectivity index (χ3v) is 4.14. The third-order valence-electron chi connectivity index (χ3n) is 3.92. The Morgan fingerprint density at radius 3 is 3.05 bits per heavy atom. The van der Waals surface area contributed by atoms with Gasteiger partial charge in [0.05, 0.1) is 31.3 Å². The van der Waals surface area contributed by atoms with E-state index < -0.39 is 17.3 Å². The first-order valence-corrected chi connectivity index (χ1v) is 7.27. The van der Waals surface area contributed by atoms with E-state index in [1.807, 2.05) is 6.07 Å². The number of carbonyl (C=O) groups is 2. The van der Waals surface area contributed by atoms with Crippen molar-refractivity contribution < 1.29 is 19.1 Å². The molecule has 114 valence electrons. The van der Waals surface area contributed by atoms with Gasteiger partial charge in [-0.2, -0.15) is 5.26 Å². The van der Waals surface area contributed by atoms with Gasteiger partial charge in [-0.05, 0) is 13.0 Å². The summed E-state index contributed by atoms with van der Waals surface area (Å²) in [4.78, 5) is 26.9. The van der Waals surface area contributed by atoms with Gasteiger partial charge in [-0.3, -0.25) is 9.59 Å². The van der Waals surface area contributed by atoms with Crippen LogP contribution in [0.15, 0.2) is 12.1 Å². The standard InChI is InChI=1S/C15H13ClN2O4/c1-2-21-14(20)15(3-4-17)10-7-9(16)8-11-12(10)18(13(15)19)5-6-22-11/h7-8H,2-3,5-6H2,1H3. The summed E-state index contributed by atoms with van der Waals surface area (Å²) in [6.07, 6.45) is -0.298. The number of rotatable bonds is 3. The Morgan fingerprint density at radius 1 is 1.59 bits per heavy atom. The SMILES string of the molecule is CCOC(=O)C1(CC#N)C(=O)N2CCOc3cc(Cl)cc1c32. The molecule has 0 fully saturated rings. The summed E-state index contributed by atoms with van der Waals surface area (Å²) in [5.41, 5.74) is -0.753. The summed E-state index contributed by atoms with van der Waals surface area (Å²) < 4.78 is 10.6. The molecule has 0 aliphatic carbocycles. The maximum absolute atomic E-state index is 12.9. The van der Waals surface area contributed by atoms with Gasteiger partial charge in [-0.25, -0.2) is 0 Å². The van der Waals surface area contributed by atoms with Crippen LogP contribution in [-0.2, 0) is 19.7 Å². The Hall–Kier alpha value is -2.26. The van der Waals surface area contributed by atoms with E-state index in [1.54, 1.807) is 19.1 Å². The number of esters is 1. The second kappa shape index (κ2) is 5.18. The molecule has 0 saturated heterocycles. The molecule has 2 heterocycles. The normalized spacial score (nSPS) is 21.9. The number of nitrogens with zero attached hydrogens (tertiary/aromatic N) is 2. The molecular formula is C15H13ClN2O4. The van der Waals surface area contributed by atoms with Gasteiger partial charge in [0.1, 0.15) is 12.4 Å². The highest BCUT2D eigenvalue weighted by Gasteiger charge is 2.59. The zero-order valence-corrected chi connectivity index (χ0v) is 12.6. The fraction of sp³-hybridized carbons (Fsp3) is 0.400. The average Bonchev–Trinajstić information content (AvgIpc) is 2.73. The first-order chi connectivity index (χ1) is 10.6. The minimum atomic E-state index is -1.66. The monoisotopic (exact) mass is 320 g/mol. The molecule has 0 radical (unpaired) electrons. The predicted octanol–water partition coefficient (Wildman–Crippen LogP) is 1.79. The van der Waals surface area contributed by atoms with Gasteiger partial charge in [0.2, 0.25) is 5.91 Å². The summed E-state index contributed by atoms with van der Waals surface area (Å²) in [5, 5.41) is 9.52. The molecule has 22 heavy (non-hydrogen) atoms. The Balaban J connectivity index is 2.28. The minimum absolute atomic E-state index is 0.124. The smallest absolute Gasteiger partial charge is 0.327 e. The Labute approximate surface area is 132 Å². The fourth-order valence-electron chi connectivity index (χ4n) is 3.01. The van der Waals surface area contributed by atoms with Crippen LogP contribution in [0.25, 0.3) is 0 Å². The first-order valence-electron chi connectivity index (χ1n) is 6.89. The molecule has 1 unspecified atom stereocenters. The summed E-state index contributed by atoms with van der Waals surface area (Å²) in [5.74, 6) is -0.721. The average molecular weight is 321 g/mol. The predicted molar refractivity (Wildman–Crippen MR) is 77.8 cm³/mol. The van der Waals surface area contributed by atoms with E-state index in [4.69, 9.17) is 21.1 Å². The third kappa shape index (κ3) is 1.79. The van der Waals surface area contributed by atoms with Crippen LogP contribution < -0.4 is 9.64 Å². The van der Waals surface area contributed by atoms with Crippen molar-refractivity contribution in [2.45, 2.75) is 18.8 Å². The van der Waals surface area contributed by atoms with Crippen LogP contribution in [0.5, 0.6) is 5.75 Å². The van der Waals surface area contributed by atoms with E-state index in [2.05, 4.69) is 0 Å². The number of hydrogen-bond acceptors (Lipinski definition) is 5. The minimum Gasteiger partial charge on any atom is -0.489 e. The largest absolute Gasteiger partial charge is 0.489 e. The molecule has 6 nitrogen and oxygen atoms in total. The Morgan fingerprint density at radius 2 is 2.36 bits per heavy atom. The summed E-state index contributed by atoms with van der Waals surface area (Å²) >= 11 is 6.09. The summed E-state index contributed by atoms with van der Waals surface area (Å²) in [7, 11) is 0. The number of ether oxygens (including phenoxy) is 2. The highest BCUT2D eigenvalue weighted by molar-refractivity contribution is 6.32. The van der Waals surface area contributed by atoms with Gasteiger partial charge < -0.3 is 14.4 Å². The molecule has 0 saturated carbocycles. The highest BCUT2D eigenvalue weighted by Crippen LogP contribution is 2.51. The number of anilines is 1. The molecule has 0 N–H and O–H groups in total. The number of carbonyl (C=O) groups excluding carboxylic acids is 2. The van der Waals surface area contributed by atoms with Crippen molar-refractivity contribution in [1.29, 1.82) is 5.26 Å². The van der Waals surface area contributed by atoms with Gasteiger partial charge >= 0.3 is 5.97 Å². The zero-order valence-electron chi connectivity index (χ0n) is 11.9. The van der Waals surface area contributed by atoms with Crippen LogP contribution in [0.3, 0.4) is 0 Å². The second-order valence-electron chi connectivity index (χ2n) is 5.07. The second-order valence-corrected chi connectivity index (χ2v) is 5.50. The van der Waals surface area contributed by atoms with Crippen molar-refractivity contribution in [2.75, 3.05) is 24.7 Å². The van der Waals surface area contributed by atoms with Crippen LogP contribution in [0, 0.1) is 11.3 Å². The molecule has 1 amide bonds. The molecule has 0 aromatic heterocycles. The zero-order chi connectivity index (χ0) is 15.9. The molecule has 7 heteroatoms. The van der Waals surface area contributed by atoms with Gasteiger partial charge in [0.25, 0.3) is 0 Å². The first kappa shape index (κ1) is 14.7. The molecule has 0 spiro atoms. The Bertz CT molecular complexity index is 712. The molecule has 2 aliphatic heterocycles. The number of hydrogen-bond donors (Lipinski definition) is 0. The Kier molecular flexibility index (Phi) is 3.45. The van der Waals surface area contributed by atoms with E-state index in [0.717, 1.165) is 0 Å². The molecule has 1 atom stereocenters. The number of amides is 1. The van der Waals surface area contributed by atoms with E-state index in [9.17, 15) is 14.9 Å². The lowest BCUT2D eigenvalue weighted by molar-refractivity contribution is -0.153. The van der Waals surface area contributed by atoms with Gasteiger partial charge in [0.15, 0.2) is 5.41 Å². The van der Waals surface area contributed by atoms with Crippen LogP contribution in [-0.4, -0.2) is 31.6 Å². The van der Waals surface area contributed by atoms with Crippen molar-refractivity contribution in [3.8, 4) is 11.8 Å². The van der Waals surface area contributed by atoms with Crippen molar-refractivity contribution >= 4 is 29.2 Å². The molecule has 1 aromatic rings. The van der Waals surface area contributed by atoms with E-state index >= 15 is 0 Å². The van der Waals surface area contributed by atoms with Crippen LogP contribution in [0.4, 0.5) is 5.69 Å². The fourth-order valence-corrected chi connectivity index (χ4v) is 3.22. The lowest BCUT2D eigenvalue weighted by atomic mass is 9.79. The number of benzene rings is 1. The molecule has 3 rings (SSSR count). The maximum Gasteiger partial charge on any atom is 0.327 e.